The van der Waals surface area contributed by atoms with Gasteiger partial charge in [-0.15, -0.1) is 0 Å². The van der Waals surface area contributed by atoms with E-state index in [4.69, 9.17) is 0 Å². The predicted molar refractivity (Wildman–Crippen MR) is 89.3 cm³/mol. The summed E-state index contributed by atoms with van der Waals surface area (Å²) in [6.07, 6.45) is 7.09. The molecule has 1 N–H and O–H groups in total. The molecular weight excluding hydrogens is 366 g/mol. The third-order valence-corrected chi connectivity index (χ3v) is 5.97. The van der Waals surface area contributed by atoms with Gasteiger partial charge >= 0.3 is 0 Å². The predicted octanol–water partition coefficient (Wildman–Crippen LogP) is 5.52. The lowest BCUT2D eigenvalue weighted by Gasteiger charge is -2.26. The van der Waals surface area contributed by atoms with Crippen molar-refractivity contribution in [3.63, 3.8) is 0 Å². The van der Waals surface area contributed by atoms with Gasteiger partial charge in [-0.25, -0.2) is 0 Å². The molecule has 0 amide bonds. The molecule has 2 unspecified atom stereocenters. The molecule has 1 aromatic carbocycles. The molecule has 0 spiro atoms. The van der Waals surface area contributed by atoms with Gasteiger partial charge < -0.3 is 5.32 Å². The Kier molecular flexibility index (Phi) is 6.37. The number of rotatable bonds is 5. The molecule has 0 radical (unpaired) electrons. The summed E-state index contributed by atoms with van der Waals surface area (Å²) in [5.74, 6) is 1.90. The fraction of sp³-hybridized carbons (Fsp3) is 0.625. The first-order valence-corrected chi connectivity index (χ1v) is 8.88. The van der Waals surface area contributed by atoms with Gasteiger partial charge in [-0.05, 0) is 80.8 Å². The minimum atomic E-state index is 0.946. The summed E-state index contributed by atoms with van der Waals surface area (Å²) in [7, 11) is 0. The summed E-state index contributed by atoms with van der Waals surface area (Å²) < 4.78 is 2.25. The van der Waals surface area contributed by atoms with Gasteiger partial charge in [0.25, 0.3) is 0 Å². The molecule has 1 aliphatic rings. The first-order valence-electron chi connectivity index (χ1n) is 7.30. The number of nitrogens with one attached hydrogen (secondary N) is 1. The number of hydrogen-bond donors (Lipinski definition) is 1. The molecule has 2 atom stereocenters. The normalized spacial score (nSPS) is 23.5. The highest BCUT2D eigenvalue weighted by Gasteiger charge is 2.17. The third-order valence-electron chi connectivity index (χ3n) is 4.09. The molecular formula is C16H23Br2N. The van der Waals surface area contributed by atoms with E-state index in [1.807, 2.05) is 0 Å². The summed E-state index contributed by atoms with van der Waals surface area (Å²) in [6.45, 7) is 4.51. The van der Waals surface area contributed by atoms with Crippen LogP contribution in [0.2, 0.25) is 0 Å². The highest BCUT2D eigenvalue weighted by Crippen LogP contribution is 2.30. The highest BCUT2D eigenvalue weighted by atomic mass is 79.9. The van der Waals surface area contributed by atoms with E-state index in [1.165, 1.54) is 37.7 Å². The molecule has 2 rings (SSSR count). The molecule has 0 bridgehead atoms. The third kappa shape index (κ3) is 5.20. The lowest BCUT2D eigenvalue weighted by Crippen LogP contribution is -2.21. The van der Waals surface area contributed by atoms with Crippen molar-refractivity contribution in [1.29, 1.82) is 0 Å². The Bertz CT molecular complexity index is 406. The molecule has 0 aromatic heterocycles. The smallest absolute Gasteiger partial charge is 0.0320 e. The fourth-order valence-corrected chi connectivity index (χ4v) is 3.68. The number of benzene rings is 1. The van der Waals surface area contributed by atoms with Crippen LogP contribution in [0.5, 0.6) is 0 Å². The quantitative estimate of drug-likeness (QED) is 0.655. The molecule has 1 nitrogen and oxygen atoms in total. The van der Waals surface area contributed by atoms with Crippen LogP contribution >= 0.6 is 31.9 Å². The Balaban J connectivity index is 1.67. The Hall–Kier alpha value is 0.140. The molecule has 0 aliphatic heterocycles. The second-order valence-electron chi connectivity index (χ2n) is 5.85. The second kappa shape index (κ2) is 7.80. The van der Waals surface area contributed by atoms with E-state index in [9.17, 15) is 0 Å². The summed E-state index contributed by atoms with van der Waals surface area (Å²) in [5.41, 5.74) is 1.34. The Morgan fingerprint density at radius 1 is 1.21 bits per heavy atom. The van der Waals surface area contributed by atoms with Crippen LogP contribution in [0.25, 0.3) is 0 Å². The van der Waals surface area contributed by atoms with Crippen LogP contribution in [0.1, 0.15) is 44.6 Å². The van der Waals surface area contributed by atoms with Gasteiger partial charge in [-0.2, -0.15) is 0 Å². The first kappa shape index (κ1) is 15.5. The summed E-state index contributed by atoms with van der Waals surface area (Å²) in [5, 5.41) is 3.57. The molecule has 1 aromatic rings. The van der Waals surface area contributed by atoms with Crippen molar-refractivity contribution < 1.29 is 0 Å². The van der Waals surface area contributed by atoms with Crippen molar-refractivity contribution in [3.05, 3.63) is 32.7 Å². The lowest BCUT2D eigenvalue weighted by molar-refractivity contribution is 0.267. The second-order valence-corrected chi connectivity index (χ2v) is 7.56. The lowest BCUT2D eigenvalue weighted by atomic mass is 9.81. The average molecular weight is 389 g/mol. The van der Waals surface area contributed by atoms with Crippen LogP contribution in [0.15, 0.2) is 27.1 Å². The zero-order valence-corrected chi connectivity index (χ0v) is 14.8. The first-order chi connectivity index (χ1) is 9.15. The summed E-state index contributed by atoms with van der Waals surface area (Å²) in [4.78, 5) is 0. The maximum Gasteiger partial charge on any atom is 0.0320 e. The number of hydrogen-bond acceptors (Lipinski definition) is 1. The molecule has 1 aliphatic carbocycles. The van der Waals surface area contributed by atoms with Gasteiger partial charge in [0, 0.05) is 15.5 Å². The monoisotopic (exact) mass is 387 g/mol. The molecule has 1 saturated carbocycles. The van der Waals surface area contributed by atoms with E-state index < -0.39 is 0 Å². The molecule has 3 heteroatoms. The van der Waals surface area contributed by atoms with Crippen molar-refractivity contribution in [3.8, 4) is 0 Å². The summed E-state index contributed by atoms with van der Waals surface area (Å²) in [6, 6.07) is 6.45. The minimum absolute atomic E-state index is 0.946. The van der Waals surface area contributed by atoms with Gasteiger partial charge in [-0.1, -0.05) is 32.3 Å². The van der Waals surface area contributed by atoms with Crippen molar-refractivity contribution in [2.45, 2.75) is 45.6 Å². The van der Waals surface area contributed by atoms with Crippen molar-refractivity contribution >= 4 is 31.9 Å². The van der Waals surface area contributed by atoms with Crippen LogP contribution in [0, 0.1) is 11.8 Å². The zero-order chi connectivity index (χ0) is 13.7. The average Bonchev–Trinajstić information content (AvgIpc) is 2.39. The highest BCUT2D eigenvalue weighted by molar-refractivity contribution is 9.13. The topological polar surface area (TPSA) is 12.0 Å². The fourth-order valence-electron chi connectivity index (χ4n) is 3.01. The van der Waals surface area contributed by atoms with Crippen molar-refractivity contribution in [2.75, 3.05) is 6.54 Å². The van der Waals surface area contributed by atoms with Gasteiger partial charge in [-0.3, -0.25) is 0 Å². The Labute approximate surface area is 133 Å². The van der Waals surface area contributed by atoms with Crippen molar-refractivity contribution in [1.82, 2.24) is 5.32 Å². The van der Waals surface area contributed by atoms with E-state index >= 15 is 0 Å². The van der Waals surface area contributed by atoms with Crippen LogP contribution in [0.4, 0.5) is 0 Å². The van der Waals surface area contributed by atoms with Crippen LogP contribution in [-0.4, -0.2) is 6.54 Å². The Morgan fingerprint density at radius 2 is 2.05 bits per heavy atom. The standard InChI is InChI=1S/C16H23Br2N/c1-12-3-2-4-13(9-12)7-8-19-11-14-5-6-15(17)16(18)10-14/h5-6,10,12-13,19H,2-4,7-9,11H2,1H3. The molecule has 106 valence electrons. The van der Waals surface area contributed by atoms with Crippen LogP contribution in [-0.2, 0) is 6.54 Å². The van der Waals surface area contributed by atoms with E-state index in [-0.39, 0.29) is 0 Å². The number of halogens is 2. The Morgan fingerprint density at radius 3 is 2.79 bits per heavy atom. The molecule has 1 fully saturated rings. The van der Waals surface area contributed by atoms with E-state index in [0.717, 1.165) is 33.9 Å². The van der Waals surface area contributed by atoms with Crippen molar-refractivity contribution in [2.24, 2.45) is 11.8 Å². The molecule has 19 heavy (non-hydrogen) atoms. The molecule has 0 heterocycles. The largest absolute Gasteiger partial charge is 0.313 e. The van der Waals surface area contributed by atoms with E-state index in [2.05, 4.69) is 62.3 Å². The van der Waals surface area contributed by atoms with Gasteiger partial charge in [0.05, 0.1) is 0 Å². The van der Waals surface area contributed by atoms with Gasteiger partial charge in [0.1, 0.15) is 0 Å². The summed E-state index contributed by atoms with van der Waals surface area (Å²) >= 11 is 7.05. The van der Waals surface area contributed by atoms with Gasteiger partial charge in [0.2, 0.25) is 0 Å². The zero-order valence-electron chi connectivity index (χ0n) is 11.6. The van der Waals surface area contributed by atoms with Crippen LogP contribution in [0.3, 0.4) is 0 Å². The SMILES string of the molecule is CC1CCCC(CCNCc2ccc(Br)c(Br)c2)C1. The molecule has 0 saturated heterocycles. The minimum Gasteiger partial charge on any atom is -0.313 e. The van der Waals surface area contributed by atoms with Gasteiger partial charge in [0.15, 0.2) is 0 Å². The van der Waals surface area contributed by atoms with Crippen LogP contribution < -0.4 is 5.32 Å². The maximum atomic E-state index is 3.57. The van der Waals surface area contributed by atoms with E-state index in [0.29, 0.717) is 0 Å². The maximum absolute atomic E-state index is 3.57. The van der Waals surface area contributed by atoms with E-state index in [1.54, 1.807) is 0 Å².